The van der Waals surface area contributed by atoms with E-state index in [9.17, 15) is 4.79 Å². The maximum Gasteiger partial charge on any atom is 0.237 e. The van der Waals surface area contributed by atoms with E-state index in [1.165, 1.54) is 11.8 Å². The first-order valence-electron chi connectivity index (χ1n) is 8.10. The van der Waals surface area contributed by atoms with Gasteiger partial charge in [0.1, 0.15) is 0 Å². The van der Waals surface area contributed by atoms with Crippen LogP contribution in [0.5, 0.6) is 0 Å². The highest BCUT2D eigenvalue weighted by Crippen LogP contribution is 2.26. The van der Waals surface area contributed by atoms with E-state index in [2.05, 4.69) is 10.3 Å². The zero-order valence-electron chi connectivity index (χ0n) is 13.7. The molecule has 0 saturated carbocycles. The molecule has 0 aliphatic heterocycles. The average Bonchev–Trinajstić information content (AvgIpc) is 3.05. The number of fused-ring (bicyclic) bond motifs is 2. The number of anilines is 1. The number of hydrogen-bond acceptors (Lipinski definition) is 3. The predicted molar refractivity (Wildman–Crippen MR) is 103 cm³/mol. The lowest BCUT2D eigenvalue weighted by molar-refractivity contribution is -0.115. The highest BCUT2D eigenvalue weighted by atomic mass is 32.2. The molecule has 2 aromatic carbocycles. The number of aromatic nitrogens is 2. The summed E-state index contributed by atoms with van der Waals surface area (Å²) in [6, 6.07) is 19.9. The zero-order valence-corrected chi connectivity index (χ0v) is 14.5. The molecule has 0 spiro atoms. The second kappa shape index (κ2) is 6.61. The Morgan fingerprint density at radius 1 is 1.08 bits per heavy atom. The van der Waals surface area contributed by atoms with E-state index < -0.39 is 0 Å². The molecule has 0 saturated heterocycles. The molecule has 1 amide bonds. The van der Waals surface area contributed by atoms with Crippen LogP contribution >= 0.6 is 11.8 Å². The Kier molecular flexibility index (Phi) is 4.15. The van der Waals surface area contributed by atoms with Crippen molar-refractivity contribution in [3.05, 3.63) is 73.1 Å². The van der Waals surface area contributed by atoms with Crippen molar-refractivity contribution in [2.45, 2.75) is 17.3 Å². The van der Waals surface area contributed by atoms with Gasteiger partial charge in [-0.1, -0.05) is 54.2 Å². The molecule has 1 unspecified atom stereocenters. The minimum absolute atomic E-state index is 0.0333. The lowest BCUT2D eigenvalue weighted by Crippen LogP contribution is -2.22. The predicted octanol–water partition coefficient (Wildman–Crippen LogP) is 4.61. The molecule has 1 N–H and O–H groups in total. The van der Waals surface area contributed by atoms with Gasteiger partial charge in [0.15, 0.2) is 5.16 Å². The van der Waals surface area contributed by atoms with Gasteiger partial charge in [-0.25, -0.2) is 4.98 Å². The highest BCUT2D eigenvalue weighted by molar-refractivity contribution is 8.00. The molecule has 2 aromatic heterocycles. The average molecular weight is 347 g/mol. The van der Waals surface area contributed by atoms with Crippen LogP contribution in [0.4, 0.5) is 5.69 Å². The Hall–Kier alpha value is -2.79. The molecule has 0 aliphatic carbocycles. The number of carbonyl (C=O) groups is 1. The third kappa shape index (κ3) is 3.10. The Bertz CT molecular complexity index is 1050. The quantitative estimate of drug-likeness (QED) is 0.549. The Morgan fingerprint density at radius 2 is 1.88 bits per heavy atom. The summed E-state index contributed by atoms with van der Waals surface area (Å²) in [6.07, 6.45) is 3.78. The first-order chi connectivity index (χ1) is 12.2. The molecule has 0 fully saturated rings. The second-order valence-electron chi connectivity index (χ2n) is 5.81. The molecular formula is C20H17N3OS. The van der Waals surface area contributed by atoms with Crippen molar-refractivity contribution < 1.29 is 4.79 Å². The van der Waals surface area contributed by atoms with E-state index in [1.807, 2.05) is 84.4 Å². The molecule has 124 valence electrons. The largest absolute Gasteiger partial charge is 0.325 e. The Balaban J connectivity index is 1.54. The van der Waals surface area contributed by atoms with Gasteiger partial charge in [-0.15, -0.1) is 0 Å². The fourth-order valence-corrected chi connectivity index (χ4v) is 3.66. The summed E-state index contributed by atoms with van der Waals surface area (Å²) in [5.41, 5.74) is 1.86. The molecule has 0 bridgehead atoms. The summed E-state index contributed by atoms with van der Waals surface area (Å²) < 4.78 is 1.99. The molecule has 25 heavy (non-hydrogen) atoms. The molecule has 4 rings (SSSR count). The minimum Gasteiger partial charge on any atom is -0.325 e. The Labute approximate surface area is 149 Å². The lowest BCUT2D eigenvalue weighted by atomic mass is 10.1. The fraction of sp³-hybridized carbons (Fsp3) is 0.100. The number of imidazole rings is 1. The van der Waals surface area contributed by atoms with Crippen molar-refractivity contribution in [3.63, 3.8) is 0 Å². The van der Waals surface area contributed by atoms with Crippen molar-refractivity contribution in [2.24, 2.45) is 0 Å². The van der Waals surface area contributed by atoms with Gasteiger partial charge in [-0.05, 0) is 30.5 Å². The number of amides is 1. The lowest BCUT2D eigenvalue weighted by Gasteiger charge is -2.13. The number of carbonyl (C=O) groups excluding carboxylic acids is 1. The van der Waals surface area contributed by atoms with Crippen molar-refractivity contribution in [2.75, 3.05) is 5.32 Å². The second-order valence-corrected chi connectivity index (χ2v) is 7.12. The van der Waals surface area contributed by atoms with Crippen molar-refractivity contribution in [3.8, 4) is 0 Å². The van der Waals surface area contributed by atoms with Gasteiger partial charge in [-0.2, -0.15) is 0 Å². The minimum atomic E-state index is -0.259. The third-order valence-corrected chi connectivity index (χ3v) is 5.18. The number of thioether (sulfide) groups is 1. The normalized spacial score (nSPS) is 12.4. The summed E-state index contributed by atoms with van der Waals surface area (Å²) in [5, 5.41) is 5.76. The van der Waals surface area contributed by atoms with Crippen molar-refractivity contribution in [1.82, 2.24) is 9.38 Å². The molecule has 0 radical (unpaired) electrons. The van der Waals surface area contributed by atoms with Crippen LogP contribution < -0.4 is 5.32 Å². The highest BCUT2D eigenvalue weighted by Gasteiger charge is 2.18. The smallest absolute Gasteiger partial charge is 0.237 e. The summed E-state index contributed by atoms with van der Waals surface area (Å²) >= 11 is 1.45. The van der Waals surface area contributed by atoms with Gasteiger partial charge >= 0.3 is 0 Å². The first-order valence-corrected chi connectivity index (χ1v) is 8.98. The van der Waals surface area contributed by atoms with Crippen LogP contribution in [0.15, 0.2) is 78.2 Å². The van der Waals surface area contributed by atoms with Crippen molar-refractivity contribution >= 4 is 39.6 Å². The summed E-state index contributed by atoms with van der Waals surface area (Å²) in [4.78, 5) is 17.1. The number of rotatable bonds is 4. The number of pyridine rings is 1. The third-order valence-electron chi connectivity index (χ3n) is 4.10. The van der Waals surface area contributed by atoms with Gasteiger partial charge in [-0.3, -0.25) is 9.20 Å². The summed E-state index contributed by atoms with van der Waals surface area (Å²) in [5.74, 6) is -0.0333. The van der Waals surface area contributed by atoms with E-state index in [4.69, 9.17) is 0 Å². The number of nitrogens with one attached hydrogen (secondary N) is 1. The topological polar surface area (TPSA) is 46.4 Å². The molecule has 4 nitrogen and oxygen atoms in total. The van der Waals surface area contributed by atoms with E-state index >= 15 is 0 Å². The molecule has 4 aromatic rings. The van der Waals surface area contributed by atoms with Gasteiger partial charge in [0.2, 0.25) is 5.91 Å². The number of benzene rings is 2. The number of nitrogens with zero attached hydrogens (tertiary/aromatic N) is 2. The maximum absolute atomic E-state index is 12.6. The van der Waals surface area contributed by atoms with Crippen LogP contribution in [0.1, 0.15) is 6.92 Å². The van der Waals surface area contributed by atoms with E-state index in [0.29, 0.717) is 0 Å². The monoisotopic (exact) mass is 347 g/mol. The maximum atomic E-state index is 12.6. The van der Waals surface area contributed by atoms with E-state index in [1.54, 1.807) is 0 Å². The zero-order chi connectivity index (χ0) is 17.2. The van der Waals surface area contributed by atoms with Crippen LogP contribution in [-0.2, 0) is 4.79 Å². The standard InChI is InChI=1S/C20H17N3OS/c1-14(25-20-21-13-16-9-4-5-12-23(16)20)19(24)22-18-11-6-8-15-7-2-3-10-17(15)18/h2-14H,1H3,(H,22,24). The van der Waals surface area contributed by atoms with Gasteiger partial charge in [0.25, 0.3) is 0 Å². The summed E-state index contributed by atoms with van der Waals surface area (Å²) in [7, 11) is 0. The number of hydrogen-bond donors (Lipinski definition) is 1. The van der Waals surface area contributed by atoms with Crippen LogP contribution in [-0.4, -0.2) is 20.5 Å². The van der Waals surface area contributed by atoms with Gasteiger partial charge < -0.3 is 5.32 Å². The fourth-order valence-electron chi connectivity index (χ4n) is 2.79. The van der Waals surface area contributed by atoms with Crippen LogP contribution in [0, 0.1) is 0 Å². The van der Waals surface area contributed by atoms with Crippen molar-refractivity contribution in [1.29, 1.82) is 0 Å². The molecule has 0 aliphatic rings. The van der Waals surface area contributed by atoms with Gasteiger partial charge in [0.05, 0.1) is 17.0 Å². The molecular weight excluding hydrogens is 330 g/mol. The van der Waals surface area contributed by atoms with Crippen LogP contribution in [0.2, 0.25) is 0 Å². The van der Waals surface area contributed by atoms with Crippen LogP contribution in [0.25, 0.3) is 16.3 Å². The van der Waals surface area contributed by atoms with Gasteiger partial charge in [0, 0.05) is 17.3 Å². The van der Waals surface area contributed by atoms with E-state index in [-0.39, 0.29) is 11.2 Å². The SMILES string of the molecule is CC(Sc1ncc2ccccn12)C(=O)Nc1cccc2ccccc12. The molecule has 5 heteroatoms. The van der Waals surface area contributed by atoms with Crippen LogP contribution in [0.3, 0.4) is 0 Å². The summed E-state index contributed by atoms with van der Waals surface area (Å²) in [6.45, 7) is 1.90. The molecule has 1 atom stereocenters. The molecule has 2 heterocycles. The first kappa shape index (κ1) is 15.7. The Morgan fingerprint density at radius 3 is 2.80 bits per heavy atom. The van der Waals surface area contributed by atoms with E-state index in [0.717, 1.165) is 27.1 Å².